The van der Waals surface area contributed by atoms with Gasteiger partial charge in [0, 0.05) is 10.1 Å². The summed E-state index contributed by atoms with van der Waals surface area (Å²) < 4.78 is 5.97. The predicted molar refractivity (Wildman–Crippen MR) is 98.0 cm³/mol. The monoisotopic (exact) mass is 360 g/mol. The highest BCUT2D eigenvalue weighted by atomic mass is 35.5. The summed E-state index contributed by atoms with van der Waals surface area (Å²) in [5.74, 6) is 0.731. The third kappa shape index (κ3) is 5.45. The Morgan fingerprint density at radius 2 is 1.82 bits per heavy atom. The summed E-state index contributed by atoms with van der Waals surface area (Å²) in [6.45, 7) is 4.49. The number of carbonyl (C=O) groups excluding carboxylic acids is 1. The van der Waals surface area contributed by atoms with E-state index >= 15 is 0 Å². The van der Waals surface area contributed by atoms with Crippen LogP contribution in [0.1, 0.15) is 55.6 Å². The summed E-state index contributed by atoms with van der Waals surface area (Å²) >= 11 is 12.7. The van der Waals surface area contributed by atoms with Gasteiger partial charge in [-0.05, 0) is 29.8 Å². The van der Waals surface area contributed by atoms with Crippen LogP contribution in [-0.2, 0) is 0 Å². The predicted octanol–water partition coefficient (Wildman–Crippen LogP) is 6.92. The van der Waals surface area contributed by atoms with E-state index in [1.807, 2.05) is 12.1 Å². The average Bonchev–Trinajstić information content (AvgIpc) is 2.85. The number of hydrogen-bond acceptors (Lipinski definition) is 3. The van der Waals surface area contributed by atoms with E-state index in [1.54, 1.807) is 13.2 Å². The Morgan fingerprint density at radius 1 is 1.18 bits per heavy atom. The lowest BCUT2D eigenvalue weighted by Gasteiger charge is -1.97. The molecule has 2 nitrogen and oxygen atoms in total. The van der Waals surface area contributed by atoms with Crippen LogP contribution >= 0.6 is 34.5 Å². The number of carbonyl (C=O) groups is 1. The van der Waals surface area contributed by atoms with Crippen molar-refractivity contribution < 1.29 is 9.53 Å². The molecule has 0 unspecified atom stereocenters. The minimum absolute atomic E-state index is 0.376. The van der Waals surface area contributed by atoms with Gasteiger partial charge in [-0.15, -0.1) is 11.3 Å². The molecule has 0 aliphatic heterocycles. The van der Waals surface area contributed by atoms with E-state index in [1.165, 1.54) is 43.4 Å². The molecule has 0 bridgehead atoms. The van der Waals surface area contributed by atoms with Gasteiger partial charge < -0.3 is 4.74 Å². The number of hydrogen-bond donors (Lipinski definition) is 0. The first-order chi connectivity index (χ1) is 10.5. The Labute approximate surface area is 146 Å². The zero-order chi connectivity index (χ0) is 16.5. The number of unbranched alkanes of at least 4 members (excludes halogenated alkanes) is 4. The summed E-state index contributed by atoms with van der Waals surface area (Å²) in [5.41, 5.74) is 0. The lowest BCUT2D eigenvalue weighted by Crippen LogP contribution is -1.81. The molecule has 0 fully saturated rings. The second-order valence-corrected chi connectivity index (χ2v) is 6.72. The van der Waals surface area contributed by atoms with Gasteiger partial charge in [-0.2, -0.15) is 0 Å². The number of methoxy groups -OCH3 is 1. The fraction of sp³-hybridized carbons (Fsp3) is 0.471. The molecule has 0 atom stereocenters. The SMILES string of the molecule is CCCCCCC.COc1ccc2c(Cl)c(C(=O)Cl)sc2c1. The molecule has 0 aliphatic rings. The molecule has 0 radical (unpaired) electrons. The Balaban J connectivity index is 0.000000295. The molecule has 2 rings (SSSR count). The Kier molecular flexibility index (Phi) is 8.84. The Hall–Kier alpha value is -0.770. The van der Waals surface area contributed by atoms with Crippen molar-refractivity contribution in [3.63, 3.8) is 0 Å². The van der Waals surface area contributed by atoms with Crippen molar-refractivity contribution in [1.82, 2.24) is 0 Å². The van der Waals surface area contributed by atoms with Gasteiger partial charge in [0.1, 0.15) is 10.6 Å². The highest BCUT2D eigenvalue weighted by molar-refractivity contribution is 7.23. The van der Waals surface area contributed by atoms with E-state index < -0.39 is 5.24 Å². The molecule has 5 heteroatoms. The van der Waals surface area contributed by atoms with Crippen molar-refractivity contribution >= 4 is 49.9 Å². The largest absolute Gasteiger partial charge is 0.497 e. The minimum atomic E-state index is -0.528. The molecule has 0 spiro atoms. The van der Waals surface area contributed by atoms with Gasteiger partial charge in [0.05, 0.1) is 12.1 Å². The highest BCUT2D eigenvalue weighted by Crippen LogP contribution is 2.37. The van der Waals surface area contributed by atoms with Crippen LogP contribution in [0.3, 0.4) is 0 Å². The van der Waals surface area contributed by atoms with E-state index in [2.05, 4.69) is 13.8 Å². The molecule has 0 saturated carbocycles. The van der Waals surface area contributed by atoms with E-state index in [-0.39, 0.29) is 0 Å². The van der Waals surface area contributed by atoms with Gasteiger partial charge in [-0.1, -0.05) is 57.6 Å². The van der Waals surface area contributed by atoms with Gasteiger partial charge in [-0.3, -0.25) is 4.79 Å². The van der Waals surface area contributed by atoms with Gasteiger partial charge in [0.15, 0.2) is 0 Å². The normalized spacial score (nSPS) is 10.2. The zero-order valence-corrected chi connectivity index (χ0v) is 15.6. The first-order valence-electron chi connectivity index (χ1n) is 7.50. The molecule has 1 aromatic heterocycles. The molecule has 0 amide bonds. The third-order valence-electron chi connectivity index (χ3n) is 3.22. The number of fused-ring (bicyclic) bond motifs is 1. The van der Waals surface area contributed by atoms with Crippen LogP contribution in [0.4, 0.5) is 0 Å². The van der Waals surface area contributed by atoms with Crippen LogP contribution < -0.4 is 4.74 Å². The summed E-state index contributed by atoms with van der Waals surface area (Å²) in [7, 11) is 1.59. The second-order valence-electron chi connectivity index (χ2n) is 4.94. The summed E-state index contributed by atoms with van der Waals surface area (Å²) in [4.78, 5) is 11.4. The molecule has 122 valence electrons. The quantitative estimate of drug-likeness (QED) is 0.412. The fourth-order valence-electron chi connectivity index (χ4n) is 1.98. The lowest BCUT2D eigenvalue weighted by molar-refractivity contribution is 0.108. The number of rotatable bonds is 6. The summed E-state index contributed by atoms with van der Waals surface area (Å²) in [5, 5.41) is 0.712. The van der Waals surface area contributed by atoms with E-state index in [0.29, 0.717) is 9.90 Å². The maximum atomic E-state index is 11.1. The third-order valence-corrected chi connectivity index (χ3v) is 5.18. The van der Waals surface area contributed by atoms with Gasteiger partial charge in [0.25, 0.3) is 5.24 Å². The molecule has 2 aromatic rings. The molecule has 22 heavy (non-hydrogen) atoms. The average molecular weight is 361 g/mol. The standard InChI is InChI=1S/C10H6Cl2O2S.C7H16/c1-14-5-2-3-6-7(4-5)15-9(8(6)11)10(12)13;1-3-5-7-6-4-2/h2-4H,1H3;3-7H2,1-2H3. The molecule has 0 N–H and O–H groups in total. The van der Waals surface area contributed by atoms with Crippen LogP contribution in [0.5, 0.6) is 5.75 Å². The second kappa shape index (κ2) is 10.1. The molecular formula is C17H22Cl2O2S. The van der Waals surface area contributed by atoms with Crippen molar-refractivity contribution in [3.8, 4) is 5.75 Å². The van der Waals surface area contributed by atoms with Crippen LogP contribution in [0.25, 0.3) is 10.1 Å². The van der Waals surface area contributed by atoms with Gasteiger partial charge in [-0.25, -0.2) is 0 Å². The number of benzene rings is 1. The lowest BCUT2D eigenvalue weighted by atomic mass is 10.2. The van der Waals surface area contributed by atoms with Gasteiger partial charge in [0.2, 0.25) is 0 Å². The van der Waals surface area contributed by atoms with Gasteiger partial charge >= 0.3 is 0 Å². The van der Waals surface area contributed by atoms with Crippen molar-refractivity contribution in [2.45, 2.75) is 46.0 Å². The van der Waals surface area contributed by atoms with E-state index in [9.17, 15) is 4.79 Å². The number of halogens is 2. The van der Waals surface area contributed by atoms with Crippen molar-refractivity contribution in [2.24, 2.45) is 0 Å². The highest BCUT2D eigenvalue weighted by Gasteiger charge is 2.15. The van der Waals surface area contributed by atoms with Crippen LogP contribution in [0.15, 0.2) is 18.2 Å². The van der Waals surface area contributed by atoms with Crippen molar-refractivity contribution in [3.05, 3.63) is 28.1 Å². The van der Waals surface area contributed by atoms with Crippen molar-refractivity contribution in [2.75, 3.05) is 7.11 Å². The molecule has 0 aliphatic carbocycles. The Bertz CT molecular complexity index is 604. The van der Waals surface area contributed by atoms with Crippen LogP contribution in [-0.4, -0.2) is 12.4 Å². The molecule has 0 saturated heterocycles. The molecular weight excluding hydrogens is 339 g/mol. The Morgan fingerprint density at radius 3 is 2.32 bits per heavy atom. The summed E-state index contributed by atoms with van der Waals surface area (Å²) in [6.07, 6.45) is 7.01. The first kappa shape index (κ1) is 19.3. The topological polar surface area (TPSA) is 26.3 Å². The maximum Gasteiger partial charge on any atom is 0.263 e. The smallest absolute Gasteiger partial charge is 0.263 e. The molecule has 1 heterocycles. The van der Waals surface area contributed by atoms with E-state index in [4.69, 9.17) is 27.9 Å². The zero-order valence-electron chi connectivity index (χ0n) is 13.2. The summed E-state index contributed by atoms with van der Waals surface area (Å²) in [6, 6.07) is 5.44. The first-order valence-corrected chi connectivity index (χ1v) is 9.08. The van der Waals surface area contributed by atoms with Crippen LogP contribution in [0, 0.1) is 0 Å². The van der Waals surface area contributed by atoms with Crippen molar-refractivity contribution in [1.29, 1.82) is 0 Å². The molecule has 1 aromatic carbocycles. The fourth-order valence-corrected chi connectivity index (χ4v) is 3.61. The number of thiophene rings is 1. The maximum absolute atomic E-state index is 11.1. The van der Waals surface area contributed by atoms with E-state index in [0.717, 1.165) is 15.8 Å². The van der Waals surface area contributed by atoms with Crippen LogP contribution in [0.2, 0.25) is 5.02 Å². The number of ether oxygens (including phenoxy) is 1. The minimum Gasteiger partial charge on any atom is -0.497 e.